The maximum absolute atomic E-state index is 11.7. The molecule has 0 bridgehead atoms. The molecule has 2 rings (SSSR count). The van der Waals surface area contributed by atoms with Crippen molar-refractivity contribution in [3.63, 3.8) is 0 Å². The molecule has 6 nitrogen and oxygen atoms in total. The van der Waals surface area contributed by atoms with E-state index >= 15 is 0 Å². The van der Waals surface area contributed by atoms with E-state index in [0.717, 1.165) is 6.42 Å². The lowest BCUT2D eigenvalue weighted by atomic mass is 10.1. The van der Waals surface area contributed by atoms with Crippen molar-refractivity contribution < 1.29 is 9.72 Å². The molecule has 0 radical (unpaired) electrons. The van der Waals surface area contributed by atoms with E-state index in [9.17, 15) is 14.9 Å². The van der Waals surface area contributed by atoms with Gasteiger partial charge in [0.05, 0.1) is 4.92 Å². The van der Waals surface area contributed by atoms with Crippen LogP contribution in [0, 0.1) is 16.0 Å². The predicted molar refractivity (Wildman–Crippen MR) is 72.3 cm³/mol. The number of nitro benzene ring substituents is 1. The number of nitro groups is 1. The lowest BCUT2D eigenvalue weighted by Crippen LogP contribution is -2.22. The number of benzene rings is 1. The molecule has 1 aromatic carbocycles. The van der Waals surface area contributed by atoms with Crippen LogP contribution in [0.4, 0.5) is 11.4 Å². The SMILES string of the molecule is CCNC(=O)c1ccc([N+](=O)[O-])c(NC2CC2C)c1. The van der Waals surface area contributed by atoms with Crippen molar-refractivity contribution >= 4 is 17.3 Å². The summed E-state index contributed by atoms with van der Waals surface area (Å²) in [5.41, 5.74) is 0.860. The Labute approximate surface area is 111 Å². The molecule has 1 amide bonds. The molecule has 0 aromatic heterocycles. The Balaban J connectivity index is 2.27. The monoisotopic (exact) mass is 263 g/mol. The van der Waals surface area contributed by atoms with Crippen LogP contribution in [0.15, 0.2) is 18.2 Å². The Morgan fingerprint density at radius 1 is 1.53 bits per heavy atom. The second-order valence-electron chi connectivity index (χ2n) is 4.81. The van der Waals surface area contributed by atoms with Crippen molar-refractivity contribution in [2.45, 2.75) is 26.3 Å². The van der Waals surface area contributed by atoms with Crippen molar-refractivity contribution in [2.75, 3.05) is 11.9 Å². The second kappa shape index (κ2) is 5.26. The molecule has 102 valence electrons. The van der Waals surface area contributed by atoms with Crippen LogP contribution in [-0.2, 0) is 0 Å². The van der Waals surface area contributed by atoms with Gasteiger partial charge in [-0.25, -0.2) is 0 Å². The first kappa shape index (κ1) is 13.3. The van der Waals surface area contributed by atoms with E-state index in [1.165, 1.54) is 12.1 Å². The Morgan fingerprint density at radius 2 is 2.21 bits per heavy atom. The summed E-state index contributed by atoms with van der Waals surface area (Å²) in [5.74, 6) is 0.303. The van der Waals surface area contributed by atoms with Gasteiger partial charge < -0.3 is 10.6 Å². The van der Waals surface area contributed by atoms with Crippen molar-refractivity contribution in [1.29, 1.82) is 0 Å². The molecule has 1 aromatic rings. The van der Waals surface area contributed by atoms with Gasteiger partial charge in [0.2, 0.25) is 0 Å². The second-order valence-corrected chi connectivity index (χ2v) is 4.81. The zero-order valence-corrected chi connectivity index (χ0v) is 11.0. The van der Waals surface area contributed by atoms with Crippen LogP contribution >= 0.6 is 0 Å². The number of carbonyl (C=O) groups excluding carboxylic acids is 1. The summed E-state index contributed by atoms with van der Waals surface area (Å²) < 4.78 is 0. The molecule has 2 atom stereocenters. The van der Waals surface area contributed by atoms with Gasteiger partial charge in [-0.15, -0.1) is 0 Å². The number of nitrogens with one attached hydrogen (secondary N) is 2. The maximum atomic E-state index is 11.7. The van der Waals surface area contributed by atoms with Gasteiger partial charge in [-0.05, 0) is 31.4 Å². The van der Waals surface area contributed by atoms with Crippen LogP contribution in [-0.4, -0.2) is 23.4 Å². The van der Waals surface area contributed by atoms with Gasteiger partial charge in [0.15, 0.2) is 0 Å². The number of nitrogens with zero attached hydrogens (tertiary/aromatic N) is 1. The molecule has 6 heteroatoms. The minimum atomic E-state index is -0.434. The van der Waals surface area contributed by atoms with Gasteiger partial charge in [0, 0.05) is 24.2 Å². The van der Waals surface area contributed by atoms with E-state index in [2.05, 4.69) is 17.6 Å². The Kier molecular flexibility index (Phi) is 3.69. The number of hydrogen-bond donors (Lipinski definition) is 2. The van der Waals surface area contributed by atoms with Gasteiger partial charge in [-0.3, -0.25) is 14.9 Å². The molecule has 0 spiro atoms. The van der Waals surface area contributed by atoms with Crippen LogP contribution in [0.3, 0.4) is 0 Å². The Bertz CT molecular complexity index is 516. The minimum Gasteiger partial charge on any atom is -0.376 e. The molecule has 0 saturated heterocycles. The number of carbonyl (C=O) groups is 1. The van der Waals surface area contributed by atoms with E-state index in [1.54, 1.807) is 6.07 Å². The Morgan fingerprint density at radius 3 is 2.74 bits per heavy atom. The maximum Gasteiger partial charge on any atom is 0.292 e. The highest BCUT2D eigenvalue weighted by atomic mass is 16.6. The molecule has 0 aliphatic heterocycles. The first-order valence-electron chi connectivity index (χ1n) is 6.36. The molecule has 1 fully saturated rings. The van der Waals surface area contributed by atoms with Crippen LogP contribution in [0.2, 0.25) is 0 Å². The lowest BCUT2D eigenvalue weighted by molar-refractivity contribution is -0.384. The summed E-state index contributed by atoms with van der Waals surface area (Å²) in [4.78, 5) is 22.3. The third kappa shape index (κ3) is 3.01. The highest BCUT2D eigenvalue weighted by Gasteiger charge is 2.34. The van der Waals surface area contributed by atoms with E-state index in [0.29, 0.717) is 23.7 Å². The van der Waals surface area contributed by atoms with Crippen molar-refractivity contribution in [1.82, 2.24) is 5.32 Å². The topological polar surface area (TPSA) is 84.3 Å². The summed E-state index contributed by atoms with van der Waals surface area (Å²) >= 11 is 0. The fourth-order valence-electron chi connectivity index (χ4n) is 1.94. The fourth-order valence-corrected chi connectivity index (χ4v) is 1.94. The van der Waals surface area contributed by atoms with Crippen LogP contribution in [0.5, 0.6) is 0 Å². The molecular weight excluding hydrogens is 246 g/mol. The van der Waals surface area contributed by atoms with E-state index in [-0.39, 0.29) is 17.6 Å². The number of hydrogen-bond acceptors (Lipinski definition) is 4. The minimum absolute atomic E-state index is 0.00662. The highest BCUT2D eigenvalue weighted by Crippen LogP contribution is 2.36. The van der Waals surface area contributed by atoms with Gasteiger partial charge in [-0.1, -0.05) is 6.92 Å². The van der Waals surface area contributed by atoms with E-state index in [1.807, 2.05) is 6.92 Å². The number of amides is 1. The third-order valence-electron chi connectivity index (χ3n) is 3.24. The molecule has 1 aliphatic rings. The first-order valence-corrected chi connectivity index (χ1v) is 6.36. The van der Waals surface area contributed by atoms with E-state index < -0.39 is 4.92 Å². The number of rotatable bonds is 5. The van der Waals surface area contributed by atoms with Gasteiger partial charge in [0.1, 0.15) is 5.69 Å². The molecule has 1 aliphatic carbocycles. The molecular formula is C13H17N3O3. The number of anilines is 1. The average molecular weight is 263 g/mol. The van der Waals surface area contributed by atoms with Crippen LogP contribution in [0.25, 0.3) is 0 Å². The predicted octanol–water partition coefficient (Wildman–Crippen LogP) is 2.16. The van der Waals surface area contributed by atoms with Crippen LogP contribution < -0.4 is 10.6 Å². The van der Waals surface area contributed by atoms with Crippen molar-refractivity contribution in [2.24, 2.45) is 5.92 Å². The van der Waals surface area contributed by atoms with E-state index in [4.69, 9.17) is 0 Å². The van der Waals surface area contributed by atoms with Gasteiger partial charge in [-0.2, -0.15) is 0 Å². The standard InChI is InChI=1S/C13H17N3O3/c1-3-14-13(17)9-4-5-12(16(18)19)11(7-9)15-10-6-8(10)2/h4-5,7-8,10,15H,3,6H2,1-2H3,(H,14,17). The van der Waals surface area contributed by atoms with Crippen molar-refractivity contribution in [3.05, 3.63) is 33.9 Å². The van der Waals surface area contributed by atoms with Crippen LogP contribution in [0.1, 0.15) is 30.6 Å². The summed E-state index contributed by atoms with van der Waals surface area (Å²) in [6.07, 6.45) is 1.00. The third-order valence-corrected chi connectivity index (χ3v) is 3.24. The summed E-state index contributed by atoms with van der Waals surface area (Å²) in [6, 6.07) is 4.67. The summed E-state index contributed by atoms with van der Waals surface area (Å²) in [7, 11) is 0. The zero-order chi connectivity index (χ0) is 14.0. The van der Waals surface area contributed by atoms with Crippen molar-refractivity contribution in [3.8, 4) is 0 Å². The average Bonchev–Trinajstić information content (AvgIpc) is 3.04. The smallest absolute Gasteiger partial charge is 0.292 e. The highest BCUT2D eigenvalue weighted by molar-refractivity contribution is 5.95. The molecule has 2 unspecified atom stereocenters. The lowest BCUT2D eigenvalue weighted by Gasteiger charge is -2.08. The molecule has 19 heavy (non-hydrogen) atoms. The van der Waals surface area contributed by atoms with Gasteiger partial charge in [0.25, 0.3) is 11.6 Å². The largest absolute Gasteiger partial charge is 0.376 e. The molecule has 2 N–H and O–H groups in total. The Hall–Kier alpha value is -2.11. The summed E-state index contributed by atoms with van der Waals surface area (Å²) in [6.45, 7) is 4.43. The normalized spacial score (nSPS) is 20.7. The van der Waals surface area contributed by atoms with Gasteiger partial charge >= 0.3 is 0 Å². The first-order chi connectivity index (χ1) is 9.02. The molecule has 1 saturated carbocycles. The zero-order valence-electron chi connectivity index (χ0n) is 11.0. The fraction of sp³-hybridized carbons (Fsp3) is 0.462. The molecule has 0 heterocycles. The quantitative estimate of drug-likeness (QED) is 0.629. The summed E-state index contributed by atoms with van der Waals surface area (Å²) in [5, 5.41) is 16.8.